The zero-order chi connectivity index (χ0) is 12.7. The van der Waals surface area contributed by atoms with Crippen molar-refractivity contribution in [1.29, 1.82) is 0 Å². The predicted molar refractivity (Wildman–Crippen MR) is 55.7 cm³/mol. The molecule has 1 aromatic carbocycles. The predicted octanol–water partition coefficient (Wildman–Crippen LogP) is 2.05. The van der Waals surface area contributed by atoms with Crippen molar-refractivity contribution >= 4 is 5.97 Å². The average Bonchev–Trinajstić information content (AvgIpc) is 2.28. The summed E-state index contributed by atoms with van der Waals surface area (Å²) in [5.41, 5.74) is 0.107. The lowest BCUT2D eigenvalue weighted by atomic mass is 10.2. The van der Waals surface area contributed by atoms with Crippen LogP contribution in [0.15, 0.2) is 24.3 Å². The fraction of sp³-hybridized carbons (Fsp3) is 0.364. The van der Waals surface area contributed by atoms with E-state index >= 15 is 0 Å². The Hall–Kier alpha value is -1.69. The first kappa shape index (κ1) is 13.4. The molecule has 0 spiro atoms. The molecule has 0 amide bonds. The van der Waals surface area contributed by atoms with Crippen LogP contribution in [-0.4, -0.2) is 37.3 Å². The molecule has 4 nitrogen and oxygen atoms in total. The maximum Gasteiger partial charge on any atom is 0.335 e. The zero-order valence-electron chi connectivity index (χ0n) is 8.94. The Morgan fingerprint density at radius 1 is 1.35 bits per heavy atom. The second kappa shape index (κ2) is 6.80. The lowest BCUT2D eigenvalue weighted by molar-refractivity contribution is 0.00761. The van der Waals surface area contributed by atoms with Gasteiger partial charge in [0.25, 0.3) is 6.43 Å². The van der Waals surface area contributed by atoms with Gasteiger partial charge in [-0.2, -0.15) is 0 Å². The van der Waals surface area contributed by atoms with Gasteiger partial charge >= 0.3 is 5.97 Å². The van der Waals surface area contributed by atoms with Gasteiger partial charge in [0.1, 0.15) is 19.0 Å². The third-order valence-electron chi connectivity index (χ3n) is 1.82. The Balaban J connectivity index is 2.31. The maximum absolute atomic E-state index is 11.7. The maximum atomic E-state index is 11.7. The number of hydrogen-bond acceptors (Lipinski definition) is 3. The lowest BCUT2D eigenvalue weighted by Crippen LogP contribution is -2.11. The van der Waals surface area contributed by atoms with E-state index < -0.39 is 19.0 Å². The first-order valence-electron chi connectivity index (χ1n) is 4.91. The van der Waals surface area contributed by atoms with Crippen molar-refractivity contribution in [3.63, 3.8) is 0 Å². The zero-order valence-corrected chi connectivity index (χ0v) is 8.94. The number of carbonyl (C=O) groups is 1. The van der Waals surface area contributed by atoms with Gasteiger partial charge in [-0.05, 0) is 18.2 Å². The molecule has 0 heterocycles. The SMILES string of the molecule is O=C(O)c1cccc(OCCOCC(F)F)c1. The number of rotatable bonds is 7. The summed E-state index contributed by atoms with van der Waals surface area (Å²) in [4.78, 5) is 10.6. The largest absolute Gasteiger partial charge is 0.491 e. The molecule has 0 atom stereocenters. The van der Waals surface area contributed by atoms with Crippen molar-refractivity contribution in [3.8, 4) is 5.75 Å². The molecule has 0 saturated carbocycles. The summed E-state index contributed by atoms with van der Waals surface area (Å²) < 4.78 is 33.1. The molecular formula is C11H12F2O4. The van der Waals surface area contributed by atoms with E-state index in [1.807, 2.05) is 0 Å². The number of carboxylic acid groups (broad SMARTS) is 1. The van der Waals surface area contributed by atoms with E-state index in [4.69, 9.17) is 9.84 Å². The van der Waals surface area contributed by atoms with Crippen LogP contribution in [0.3, 0.4) is 0 Å². The molecule has 0 saturated heterocycles. The van der Waals surface area contributed by atoms with Crippen molar-refractivity contribution in [2.24, 2.45) is 0 Å². The second-order valence-electron chi connectivity index (χ2n) is 3.15. The van der Waals surface area contributed by atoms with Crippen LogP contribution in [0.4, 0.5) is 8.78 Å². The highest BCUT2D eigenvalue weighted by Crippen LogP contribution is 2.13. The highest BCUT2D eigenvalue weighted by Gasteiger charge is 2.04. The van der Waals surface area contributed by atoms with Crippen LogP contribution in [0.25, 0.3) is 0 Å². The molecule has 0 aliphatic carbocycles. The molecule has 1 N–H and O–H groups in total. The first-order valence-corrected chi connectivity index (χ1v) is 4.91. The van der Waals surface area contributed by atoms with Gasteiger partial charge in [0.15, 0.2) is 0 Å². The normalized spacial score (nSPS) is 10.5. The smallest absolute Gasteiger partial charge is 0.335 e. The Morgan fingerprint density at radius 3 is 2.76 bits per heavy atom. The number of halogens is 2. The Morgan fingerprint density at radius 2 is 2.12 bits per heavy atom. The highest BCUT2D eigenvalue weighted by molar-refractivity contribution is 5.87. The fourth-order valence-electron chi connectivity index (χ4n) is 1.11. The molecule has 94 valence electrons. The van der Waals surface area contributed by atoms with E-state index in [-0.39, 0.29) is 18.8 Å². The van der Waals surface area contributed by atoms with Gasteiger partial charge in [-0.15, -0.1) is 0 Å². The summed E-state index contributed by atoms with van der Waals surface area (Å²) in [6, 6.07) is 5.91. The van der Waals surface area contributed by atoms with Crippen molar-refractivity contribution in [2.45, 2.75) is 6.43 Å². The van der Waals surface area contributed by atoms with Crippen molar-refractivity contribution < 1.29 is 28.2 Å². The molecule has 17 heavy (non-hydrogen) atoms. The van der Waals surface area contributed by atoms with E-state index in [2.05, 4.69) is 4.74 Å². The van der Waals surface area contributed by atoms with E-state index in [0.29, 0.717) is 5.75 Å². The minimum atomic E-state index is -2.50. The molecular weight excluding hydrogens is 234 g/mol. The Kier molecular flexibility index (Phi) is 5.35. The number of carboxylic acids is 1. The van der Waals surface area contributed by atoms with Crippen LogP contribution in [0.5, 0.6) is 5.75 Å². The van der Waals surface area contributed by atoms with Crippen LogP contribution >= 0.6 is 0 Å². The molecule has 1 aromatic rings. The summed E-state index contributed by atoms with van der Waals surface area (Å²) in [7, 11) is 0. The van der Waals surface area contributed by atoms with Gasteiger partial charge in [0.2, 0.25) is 0 Å². The van der Waals surface area contributed by atoms with Crippen molar-refractivity contribution in [3.05, 3.63) is 29.8 Å². The van der Waals surface area contributed by atoms with Crippen molar-refractivity contribution in [1.82, 2.24) is 0 Å². The third-order valence-corrected chi connectivity index (χ3v) is 1.82. The minimum Gasteiger partial charge on any atom is -0.491 e. The van der Waals surface area contributed by atoms with Crippen LogP contribution in [0, 0.1) is 0 Å². The van der Waals surface area contributed by atoms with Crippen LogP contribution in [0.2, 0.25) is 0 Å². The van der Waals surface area contributed by atoms with Gasteiger partial charge in [0, 0.05) is 0 Å². The van der Waals surface area contributed by atoms with Gasteiger partial charge in [-0.1, -0.05) is 6.07 Å². The molecule has 0 aliphatic rings. The van der Waals surface area contributed by atoms with Gasteiger partial charge in [-0.3, -0.25) is 0 Å². The molecule has 0 aromatic heterocycles. The number of alkyl halides is 2. The number of hydrogen-bond donors (Lipinski definition) is 1. The number of aromatic carboxylic acids is 1. The fourth-order valence-corrected chi connectivity index (χ4v) is 1.11. The Labute approximate surface area is 96.8 Å². The van der Waals surface area contributed by atoms with E-state index in [0.717, 1.165) is 0 Å². The van der Waals surface area contributed by atoms with Gasteiger partial charge in [0.05, 0.1) is 12.2 Å². The summed E-state index contributed by atoms with van der Waals surface area (Å²) >= 11 is 0. The third kappa shape index (κ3) is 5.26. The minimum absolute atomic E-state index is 0.0294. The van der Waals surface area contributed by atoms with E-state index in [9.17, 15) is 13.6 Å². The highest BCUT2D eigenvalue weighted by atomic mass is 19.3. The van der Waals surface area contributed by atoms with Crippen molar-refractivity contribution in [2.75, 3.05) is 19.8 Å². The first-order chi connectivity index (χ1) is 8.09. The number of ether oxygens (including phenoxy) is 2. The summed E-state index contributed by atoms with van der Waals surface area (Å²) in [6.45, 7) is -0.504. The lowest BCUT2D eigenvalue weighted by Gasteiger charge is -2.07. The van der Waals surface area contributed by atoms with Crippen LogP contribution in [-0.2, 0) is 4.74 Å². The topological polar surface area (TPSA) is 55.8 Å². The molecule has 0 fully saturated rings. The summed E-state index contributed by atoms with van der Waals surface area (Å²) in [5, 5.41) is 8.72. The molecule has 1 rings (SSSR count). The molecule has 0 bridgehead atoms. The van der Waals surface area contributed by atoms with Crippen LogP contribution < -0.4 is 4.74 Å². The second-order valence-corrected chi connectivity index (χ2v) is 3.15. The molecule has 6 heteroatoms. The quantitative estimate of drug-likeness (QED) is 0.748. The molecule has 0 unspecified atom stereocenters. The number of benzene rings is 1. The van der Waals surface area contributed by atoms with Crippen LogP contribution in [0.1, 0.15) is 10.4 Å². The van der Waals surface area contributed by atoms with Gasteiger partial charge < -0.3 is 14.6 Å². The van der Waals surface area contributed by atoms with E-state index in [1.54, 1.807) is 12.1 Å². The summed E-state index contributed by atoms with van der Waals surface area (Å²) in [6.07, 6.45) is -2.50. The monoisotopic (exact) mass is 246 g/mol. The summed E-state index contributed by atoms with van der Waals surface area (Å²) in [5.74, 6) is -0.685. The van der Waals surface area contributed by atoms with E-state index in [1.165, 1.54) is 12.1 Å². The Bertz CT molecular complexity index is 368. The molecule has 0 aliphatic heterocycles. The molecule has 0 radical (unpaired) electrons. The average molecular weight is 246 g/mol. The standard InChI is InChI=1S/C11H12F2O4/c12-10(13)7-16-4-5-17-9-3-1-2-8(6-9)11(14)15/h1-3,6,10H,4-5,7H2,(H,14,15). The van der Waals surface area contributed by atoms with Gasteiger partial charge in [-0.25, -0.2) is 13.6 Å².